The third-order valence-corrected chi connectivity index (χ3v) is 3.82. The standard InChI is InChI=1S/C12H18FNO2S/c13-10-7-11(14)9-12(8-10)17(16)6-4-2-1-3-5-15/h7-9,15H,1-6,14H2. The highest BCUT2D eigenvalue weighted by Crippen LogP contribution is 2.15. The number of rotatable bonds is 7. The highest BCUT2D eigenvalue weighted by Gasteiger charge is 2.06. The molecule has 3 N–H and O–H groups in total. The monoisotopic (exact) mass is 259 g/mol. The molecule has 0 heterocycles. The van der Waals surface area contributed by atoms with Crippen LogP contribution in [0.25, 0.3) is 0 Å². The molecule has 3 nitrogen and oxygen atoms in total. The van der Waals surface area contributed by atoms with Crippen molar-refractivity contribution in [3.05, 3.63) is 24.0 Å². The number of aliphatic hydroxyl groups excluding tert-OH is 1. The van der Waals surface area contributed by atoms with Gasteiger partial charge in [-0.2, -0.15) is 0 Å². The van der Waals surface area contributed by atoms with Crippen LogP contribution in [0, 0.1) is 5.82 Å². The molecule has 5 heteroatoms. The number of aliphatic hydroxyl groups is 1. The molecule has 0 aliphatic heterocycles. The van der Waals surface area contributed by atoms with Crippen molar-refractivity contribution in [2.24, 2.45) is 0 Å². The van der Waals surface area contributed by atoms with E-state index in [1.165, 1.54) is 12.1 Å². The lowest BCUT2D eigenvalue weighted by atomic mass is 10.2. The minimum absolute atomic E-state index is 0.198. The van der Waals surface area contributed by atoms with Crippen LogP contribution in [0.1, 0.15) is 25.7 Å². The second-order valence-corrected chi connectivity index (χ2v) is 5.48. The summed E-state index contributed by atoms with van der Waals surface area (Å²) in [6.45, 7) is 0.198. The van der Waals surface area contributed by atoms with E-state index in [9.17, 15) is 8.60 Å². The van der Waals surface area contributed by atoms with Crippen molar-refractivity contribution in [1.29, 1.82) is 0 Å². The Labute approximate surface area is 103 Å². The highest BCUT2D eigenvalue weighted by atomic mass is 32.2. The summed E-state index contributed by atoms with van der Waals surface area (Å²) in [5, 5.41) is 8.60. The Morgan fingerprint density at radius 2 is 1.88 bits per heavy atom. The zero-order valence-corrected chi connectivity index (χ0v) is 10.5. The maximum absolute atomic E-state index is 13.0. The van der Waals surface area contributed by atoms with E-state index >= 15 is 0 Å². The maximum atomic E-state index is 13.0. The molecule has 96 valence electrons. The molecule has 0 spiro atoms. The van der Waals surface area contributed by atoms with Crippen molar-refractivity contribution in [2.75, 3.05) is 18.1 Å². The third-order valence-electron chi connectivity index (χ3n) is 2.39. The lowest BCUT2D eigenvalue weighted by molar-refractivity contribution is 0.283. The summed E-state index contributed by atoms with van der Waals surface area (Å²) in [4.78, 5) is 0.449. The summed E-state index contributed by atoms with van der Waals surface area (Å²) in [6, 6.07) is 4.02. The molecule has 0 saturated carbocycles. The summed E-state index contributed by atoms with van der Waals surface area (Å²) in [6.07, 6.45) is 3.44. The van der Waals surface area contributed by atoms with Gasteiger partial charge < -0.3 is 10.8 Å². The number of nitrogen functional groups attached to an aromatic ring is 1. The van der Waals surface area contributed by atoms with Crippen LogP contribution in [0.4, 0.5) is 10.1 Å². The van der Waals surface area contributed by atoms with Gasteiger partial charge in [0.2, 0.25) is 0 Å². The van der Waals surface area contributed by atoms with E-state index in [1.54, 1.807) is 6.07 Å². The molecule has 0 aromatic heterocycles. The zero-order valence-electron chi connectivity index (χ0n) is 9.69. The first-order valence-corrected chi connectivity index (χ1v) is 7.00. The molecule has 0 aliphatic rings. The predicted molar refractivity (Wildman–Crippen MR) is 67.6 cm³/mol. The number of hydrogen-bond acceptors (Lipinski definition) is 3. The Hall–Kier alpha value is -0.940. The number of hydrogen-bond donors (Lipinski definition) is 2. The fourth-order valence-electron chi connectivity index (χ4n) is 1.53. The molecule has 0 bridgehead atoms. The van der Waals surface area contributed by atoms with Crippen LogP contribution >= 0.6 is 0 Å². The zero-order chi connectivity index (χ0) is 12.7. The van der Waals surface area contributed by atoms with E-state index in [-0.39, 0.29) is 6.61 Å². The summed E-state index contributed by atoms with van der Waals surface area (Å²) in [5.74, 6) is 0.0579. The fourth-order valence-corrected chi connectivity index (χ4v) is 2.75. The molecule has 1 unspecified atom stereocenters. The Morgan fingerprint density at radius 1 is 1.18 bits per heavy atom. The van der Waals surface area contributed by atoms with Crippen LogP contribution in [-0.2, 0) is 10.8 Å². The van der Waals surface area contributed by atoms with Gasteiger partial charge in [0.25, 0.3) is 0 Å². The van der Waals surface area contributed by atoms with Crippen LogP contribution in [0.5, 0.6) is 0 Å². The van der Waals surface area contributed by atoms with Gasteiger partial charge in [0, 0.05) is 22.9 Å². The molecule has 1 aromatic rings. The molecule has 1 rings (SSSR count). The van der Waals surface area contributed by atoms with Crippen LogP contribution in [0.15, 0.2) is 23.1 Å². The normalized spacial score (nSPS) is 12.6. The van der Waals surface area contributed by atoms with Gasteiger partial charge in [0.05, 0.1) is 10.8 Å². The van der Waals surface area contributed by atoms with Crippen molar-refractivity contribution in [1.82, 2.24) is 0 Å². The van der Waals surface area contributed by atoms with E-state index in [4.69, 9.17) is 10.8 Å². The van der Waals surface area contributed by atoms with Crippen LogP contribution < -0.4 is 5.73 Å². The third kappa shape index (κ3) is 5.28. The van der Waals surface area contributed by atoms with Crippen LogP contribution in [0.3, 0.4) is 0 Å². The smallest absolute Gasteiger partial charge is 0.126 e. The molecule has 0 amide bonds. The van der Waals surface area contributed by atoms with Crippen LogP contribution in [0.2, 0.25) is 0 Å². The number of nitrogens with two attached hydrogens (primary N) is 1. The Kier molecular flexibility index (Phi) is 6.15. The van der Waals surface area contributed by atoms with E-state index in [0.29, 0.717) is 16.3 Å². The first-order chi connectivity index (χ1) is 8.13. The second kappa shape index (κ2) is 7.40. The topological polar surface area (TPSA) is 63.3 Å². The molecule has 0 fully saturated rings. The minimum Gasteiger partial charge on any atom is -0.399 e. The molecule has 1 aromatic carbocycles. The van der Waals surface area contributed by atoms with Crippen molar-refractivity contribution in [2.45, 2.75) is 30.6 Å². The van der Waals surface area contributed by atoms with Gasteiger partial charge in [-0.05, 0) is 31.0 Å². The molecule has 17 heavy (non-hydrogen) atoms. The molecule has 0 radical (unpaired) electrons. The van der Waals surface area contributed by atoms with E-state index in [0.717, 1.165) is 25.7 Å². The van der Waals surface area contributed by atoms with Crippen LogP contribution in [-0.4, -0.2) is 21.7 Å². The molecular weight excluding hydrogens is 241 g/mol. The predicted octanol–water partition coefficient (Wildman–Crippen LogP) is 2.07. The second-order valence-electron chi connectivity index (χ2n) is 3.91. The Morgan fingerprint density at radius 3 is 2.53 bits per heavy atom. The average Bonchev–Trinajstić information content (AvgIpc) is 2.27. The van der Waals surface area contributed by atoms with Gasteiger partial charge in [-0.1, -0.05) is 12.8 Å². The van der Waals surface area contributed by atoms with Gasteiger partial charge in [-0.15, -0.1) is 0 Å². The fraction of sp³-hybridized carbons (Fsp3) is 0.500. The molecule has 0 saturated heterocycles. The highest BCUT2D eigenvalue weighted by molar-refractivity contribution is 7.85. The molecular formula is C12H18FNO2S. The van der Waals surface area contributed by atoms with Gasteiger partial charge in [0.15, 0.2) is 0 Å². The van der Waals surface area contributed by atoms with Crippen molar-refractivity contribution < 1.29 is 13.7 Å². The van der Waals surface area contributed by atoms with Gasteiger partial charge in [-0.3, -0.25) is 4.21 Å². The van der Waals surface area contributed by atoms with E-state index < -0.39 is 16.6 Å². The Balaban J connectivity index is 2.41. The number of halogens is 1. The molecule has 0 aliphatic carbocycles. The lowest BCUT2D eigenvalue weighted by Gasteiger charge is -2.04. The average molecular weight is 259 g/mol. The largest absolute Gasteiger partial charge is 0.399 e. The maximum Gasteiger partial charge on any atom is 0.126 e. The number of benzene rings is 1. The summed E-state index contributed by atoms with van der Waals surface area (Å²) in [7, 11) is -1.19. The van der Waals surface area contributed by atoms with Gasteiger partial charge >= 0.3 is 0 Å². The first-order valence-electron chi connectivity index (χ1n) is 5.69. The Bertz CT molecular complexity index is 365. The molecule has 1 atom stereocenters. The van der Waals surface area contributed by atoms with Crippen molar-refractivity contribution >= 4 is 16.5 Å². The van der Waals surface area contributed by atoms with E-state index in [2.05, 4.69) is 0 Å². The summed E-state index contributed by atoms with van der Waals surface area (Å²) < 4.78 is 24.9. The first kappa shape index (κ1) is 14.1. The van der Waals surface area contributed by atoms with Gasteiger partial charge in [0.1, 0.15) is 5.82 Å². The lowest BCUT2D eigenvalue weighted by Crippen LogP contribution is -2.00. The quantitative estimate of drug-likeness (QED) is 0.582. The minimum atomic E-state index is -1.19. The van der Waals surface area contributed by atoms with Crippen molar-refractivity contribution in [3.8, 4) is 0 Å². The summed E-state index contributed by atoms with van der Waals surface area (Å²) in [5.41, 5.74) is 5.79. The number of anilines is 1. The summed E-state index contributed by atoms with van der Waals surface area (Å²) >= 11 is 0. The van der Waals surface area contributed by atoms with Crippen molar-refractivity contribution in [3.63, 3.8) is 0 Å². The van der Waals surface area contributed by atoms with E-state index in [1.807, 2.05) is 0 Å². The SMILES string of the molecule is Nc1cc(F)cc(S(=O)CCCCCCO)c1. The van der Waals surface area contributed by atoms with Gasteiger partial charge in [-0.25, -0.2) is 4.39 Å². The number of unbranched alkanes of at least 4 members (excludes halogenated alkanes) is 3.